The van der Waals surface area contributed by atoms with Gasteiger partial charge < -0.3 is 4.42 Å². The van der Waals surface area contributed by atoms with Gasteiger partial charge in [0.1, 0.15) is 16.1 Å². The SMILES string of the molecule is Cc1ccc(-c2nnc3s/c(=C\c4ccc(C)o4)c(=O)n23)cc1. The average molecular weight is 323 g/mol. The number of benzene rings is 1. The summed E-state index contributed by atoms with van der Waals surface area (Å²) >= 11 is 1.31. The van der Waals surface area contributed by atoms with Crippen LogP contribution in [-0.2, 0) is 0 Å². The monoisotopic (exact) mass is 323 g/mol. The van der Waals surface area contributed by atoms with Crippen molar-refractivity contribution in [2.24, 2.45) is 0 Å². The molecule has 1 aromatic carbocycles. The van der Waals surface area contributed by atoms with E-state index in [1.165, 1.54) is 11.3 Å². The lowest BCUT2D eigenvalue weighted by atomic mass is 10.1. The molecule has 0 N–H and O–H groups in total. The van der Waals surface area contributed by atoms with Crippen LogP contribution in [0, 0.1) is 13.8 Å². The summed E-state index contributed by atoms with van der Waals surface area (Å²) in [6.07, 6.45) is 1.74. The van der Waals surface area contributed by atoms with Gasteiger partial charge in [0.25, 0.3) is 5.56 Å². The molecule has 0 radical (unpaired) electrons. The zero-order valence-corrected chi connectivity index (χ0v) is 13.4. The van der Waals surface area contributed by atoms with E-state index in [-0.39, 0.29) is 5.56 Å². The maximum Gasteiger partial charge on any atom is 0.276 e. The van der Waals surface area contributed by atoms with Gasteiger partial charge in [-0.3, -0.25) is 4.79 Å². The minimum Gasteiger partial charge on any atom is -0.462 e. The Kier molecular flexibility index (Phi) is 3.12. The molecule has 0 amide bonds. The molecule has 0 bridgehead atoms. The Hall–Kier alpha value is -2.73. The molecule has 3 aromatic heterocycles. The Morgan fingerprint density at radius 1 is 1.09 bits per heavy atom. The first-order valence-electron chi connectivity index (χ1n) is 7.15. The van der Waals surface area contributed by atoms with Crippen LogP contribution in [0.4, 0.5) is 0 Å². The standard InChI is InChI=1S/C17H13N3O2S/c1-10-3-6-12(7-4-10)15-18-19-17-20(15)16(21)14(23-17)9-13-8-5-11(2)22-13/h3-9H,1-2H3/b14-9-. The van der Waals surface area contributed by atoms with Crippen LogP contribution in [0.5, 0.6) is 0 Å². The zero-order valence-electron chi connectivity index (χ0n) is 12.6. The van der Waals surface area contributed by atoms with Gasteiger partial charge in [0.05, 0.1) is 0 Å². The molecule has 0 aliphatic carbocycles. The number of rotatable bonds is 2. The van der Waals surface area contributed by atoms with Crippen LogP contribution in [-0.4, -0.2) is 14.6 Å². The molecular formula is C17H13N3O2S. The predicted octanol–water partition coefficient (Wildman–Crippen LogP) is 2.58. The fourth-order valence-electron chi connectivity index (χ4n) is 2.41. The third-order valence-electron chi connectivity index (χ3n) is 3.59. The number of aromatic nitrogens is 3. The second kappa shape index (κ2) is 5.17. The first-order valence-corrected chi connectivity index (χ1v) is 7.96. The average Bonchev–Trinajstić information content (AvgIpc) is 3.20. The second-order valence-electron chi connectivity index (χ2n) is 5.37. The largest absolute Gasteiger partial charge is 0.462 e. The first kappa shape index (κ1) is 13.9. The van der Waals surface area contributed by atoms with Crippen LogP contribution in [0.1, 0.15) is 17.1 Å². The molecule has 114 valence electrons. The zero-order chi connectivity index (χ0) is 16.0. The number of nitrogens with zero attached hydrogens (tertiary/aromatic N) is 3. The van der Waals surface area contributed by atoms with Crippen molar-refractivity contribution < 1.29 is 4.42 Å². The molecule has 23 heavy (non-hydrogen) atoms. The number of hydrogen-bond acceptors (Lipinski definition) is 5. The molecule has 0 saturated carbocycles. The van der Waals surface area contributed by atoms with Crippen LogP contribution in [0.3, 0.4) is 0 Å². The quantitative estimate of drug-likeness (QED) is 0.569. The highest BCUT2D eigenvalue weighted by Gasteiger charge is 2.14. The minimum absolute atomic E-state index is 0.125. The molecule has 6 heteroatoms. The molecule has 0 aliphatic heterocycles. The van der Waals surface area contributed by atoms with Gasteiger partial charge in [0, 0.05) is 11.6 Å². The molecule has 0 spiro atoms. The molecule has 4 aromatic rings. The van der Waals surface area contributed by atoms with E-state index in [0.717, 1.165) is 16.9 Å². The van der Waals surface area contributed by atoms with Crippen molar-refractivity contribution in [2.45, 2.75) is 13.8 Å². The van der Waals surface area contributed by atoms with Gasteiger partial charge in [-0.2, -0.15) is 0 Å². The van der Waals surface area contributed by atoms with Crippen molar-refractivity contribution in [3.05, 3.63) is 68.4 Å². The Bertz CT molecular complexity index is 1100. The Morgan fingerprint density at radius 3 is 2.57 bits per heavy atom. The van der Waals surface area contributed by atoms with E-state index in [4.69, 9.17) is 4.42 Å². The predicted molar refractivity (Wildman–Crippen MR) is 89.5 cm³/mol. The molecule has 3 heterocycles. The van der Waals surface area contributed by atoms with E-state index in [1.54, 1.807) is 10.5 Å². The summed E-state index contributed by atoms with van der Waals surface area (Å²) in [5.74, 6) is 2.04. The van der Waals surface area contributed by atoms with Crippen LogP contribution in [0.2, 0.25) is 0 Å². The molecule has 0 unspecified atom stereocenters. The third kappa shape index (κ3) is 2.37. The Labute approximate surface area is 135 Å². The second-order valence-corrected chi connectivity index (χ2v) is 6.38. The molecule has 0 aliphatic rings. The van der Waals surface area contributed by atoms with Crippen molar-refractivity contribution >= 4 is 22.4 Å². The number of thiazole rings is 1. The highest BCUT2D eigenvalue weighted by Crippen LogP contribution is 2.18. The van der Waals surface area contributed by atoms with Crippen LogP contribution in [0.25, 0.3) is 22.4 Å². The van der Waals surface area contributed by atoms with Crippen molar-refractivity contribution in [3.63, 3.8) is 0 Å². The lowest BCUT2D eigenvalue weighted by Gasteiger charge is -1.97. The number of aryl methyl sites for hydroxylation is 2. The van der Waals surface area contributed by atoms with E-state index >= 15 is 0 Å². The number of fused-ring (bicyclic) bond motifs is 1. The first-order chi connectivity index (χ1) is 11.1. The van der Waals surface area contributed by atoms with Crippen molar-refractivity contribution in [1.29, 1.82) is 0 Å². The van der Waals surface area contributed by atoms with Gasteiger partial charge in [-0.25, -0.2) is 4.40 Å². The summed E-state index contributed by atoms with van der Waals surface area (Å²) in [5.41, 5.74) is 1.91. The summed E-state index contributed by atoms with van der Waals surface area (Å²) in [5, 5.41) is 8.28. The van der Waals surface area contributed by atoms with Gasteiger partial charge in [0.2, 0.25) is 4.96 Å². The van der Waals surface area contributed by atoms with Gasteiger partial charge in [-0.05, 0) is 26.0 Å². The highest BCUT2D eigenvalue weighted by atomic mass is 32.1. The fourth-order valence-corrected chi connectivity index (χ4v) is 3.31. The third-order valence-corrected chi connectivity index (χ3v) is 4.55. The fraction of sp³-hybridized carbons (Fsp3) is 0.118. The van der Waals surface area contributed by atoms with E-state index < -0.39 is 0 Å². The number of furan rings is 1. The number of hydrogen-bond donors (Lipinski definition) is 0. The molecule has 4 rings (SSSR count). The summed E-state index contributed by atoms with van der Waals surface area (Å²) in [4.78, 5) is 13.3. The lowest BCUT2D eigenvalue weighted by molar-refractivity contribution is 0.525. The van der Waals surface area contributed by atoms with Crippen molar-refractivity contribution in [3.8, 4) is 11.4 Å². The van der Waals surface area contributed by atoms with Crippen LogP contribution in [0.15, 0.2) is 45.6 Å². The molecule has 0 saturated heterocycles. The summed E-state index contributed by atoms with van der Waals surface area (Å²) in [7, 11) is 0. The van der Waals surface area contributed by atoms with Crippen molar-refractivity contribution in [1.82, 2.24) is 14.6 Å². The molecule has 0 fully saturated rings. The Balaban J connectivity index is 1.91. The molecular weight excluding hydrogens is 310 g/mol. The summed E-state index contributed by atoms with van der Waals surface area (Å²) in [6, 6.07) is 11.6. The Morgan fingerprint density at radius 2 is 1.87 bits per heavy atom. The van der Waals surface area contributed by atoms with E-state index in [1.807, 2.05) is 50.2 Å². The van der Waals surface area contributed by atoms with Gasteiger partial charge in [0.15, 0.2) is 5.82 Å². The topological polar surface area (TPSA) is 60.4 Å². The van der Waals surface area contributed by atoms with Crippen LogP contribution < -0.4 is 10.1 Å². The molecule has 5 nitrogen and oxygen atoms in total. The van der Waals surface area contributed by atoms with E-state index in [2.05, 4.69) is 10.2 Å². The molecule has 0 atom stereocenters. The summed E-state index contributed by atoms with van der Waals surface area (Å²) < 4.78 is 7.64. The van der Waals surface area contributed by atoms with Gasteiger partial charge in [-0.15, -0.1) is 10.2 Å². The lowest BCUT2D eigenvalue weighted by Crippen LogP contribution is -2.23. The highest BCUT2D eigenvalue weighted by molar-refractivity contribution is 7.15. The maximum absolute atomic E-state index is 12.7. The normalized spacial score (nSPS) is 12.3. The van der Waals surface area contributed by atoms with Gasteiger partial charge >= 0.3 is 0 Å². The smallest absolute Gasteiger partial charge is 0.276 e. The summed E-state index contributed by atoms with van der Waals surface area (Å²) in [6.45, 7) is 3.89. The van der Waals surface area contributed by atoms with Gasteiger partial charge in [-0.1, -0.05) is 41.2 Å². The van der Waals surface area contributed by atoms with E-state index in [9.17, 15) is 4.79 Å². The van der Waals surface area contributed by atoms with Crippen molar-refractivity contribution in [2.75, 3.05) is 0 Å². The van der Waals surface area contributed by atoms with Crippen LogP contribution >= 0.6 is 11.3 Å². The van der Waals surface area contributed by atoms with E-state index in [0.29, 0.717) is 21.1 Å². The minimum atomic E-state index is -0.125. The maximum atomic E-state index is 12.7.